The van der Waals surface area contributed by atoms with Crippen molar-refractivity contribution in [2.75, 3.05) is 5.73 Å². The van der Waals surface area contributed by atoms with Crippen LogP contribution in [0.2, 0.25) is 0 Å². The molecule has 1 heterocycles. The molecule has 0 saturated heterocycles. The average Bonchev–Trinajstić information content (AvgIpc) is 2.65. The van der Waals surface area contributed by atoms with Gasteiger partial charge in [0.25, 0.3) is 0 Å². The van der Waals surface area contributed by atoms with E-state index in [0.717, 1.165) is 0 Å². The number of aliphatic carboxylic acids is 1. The second-order valence-electron chi connectivity index (χ2n) is 3.88. The number of nitrogen functional groups attached to an aromatic ring is 1. The Hall–Kier alpha value is -1.78. The zero-order valence-electron chi connectivity index (χ0n) is 8.79. The number of carboxylic acids is 1. The maximum atomic E-state index is 13.6. The van der Waals surface area contributed by atoms with Gasteiger partial charge in [-0.05, 0) is 18.6 Å². The van der Waals surface area contributed by atoms with Crippen LogP contribution >= 0.6 is 0 Å². The lowest BCUT2D eigenvalue weighted by Crippen LogP contribution is -2.42. The molecule has 1 aromatic carbocycles. The van der Waals surface area contributed by atoms with Crippen molar-refractivity contribution in [1.29, 1.82) is 0 Å². The minimum atomic E-state index is -1.35. The van der Waals surface area contributed by atoms with Crippen LogP contribution in [0, 0.1) is 5.82 Å². The second-order valence-corrected chi connectivity index (χ2v) is 3.88. The first kappa shape index (κ1) is 10.7. The van der Waals surface area contributed by atoms with E-state index in [9.17, 15) is 9.18 Å². The van der Waals surface area contributed by atoms with Gasteiger partial charge < -0.3 is 15.6 Å². The summed E-state index contributed by atoms with van der Waals surface area (Å²) in [4.78, 5) is 11.1. The van der Waals surface area contributed by atoms with Crippen molar-refractivity contribution >= 4 is 11.7 Å². The molecule has 1 aromatic rings. The average molecular weight is 225 g/mol. The first-order valence-corrected chi connectivity index (χ1v) is 4.99. The number of hydrogen-bond acceptors (Lipinski definition) is 3. The molecule has 0 aromatic heterocycles. The van der Waals surface area contributed by atoms with Crippen molar-refractivity contribution in [3.05, 3.63) is 23.5 Å². The summed E-state index contributed by atoms with van der Waals surface area (Å²) < 4.78 is 19.0. The molecule has 4 nitrogen and oxygen atoms in total. The van der Waals surface area contributed by atoms with E-state index in [1.807, 2.05) is 0 Å². The van der Waals surface area contributed by atoms with Crippen molar-refractivity contribution in [2.45, 2.75) is 25.4 Å². The number of nitrogens with two attached hydrogens (primary N) is 1. The number of carboxylic acid groups (broad SMARTS) is 1. The number of hydrogen-bond donors (Lipinski definition) is 2. The summed E-state index contributed by atoms with van der Waals surface area (Å²) in [5.74, 6) is -1.38. The maximum Gasteiger partial charge on any atom is 0.348 e. The summed E-state index contributed by atoms with van der Waals surface area (Å²) in [6.07, 6.45) is 0.293. The molecule has 16 heavy (non-hydrogen) atoms. The molecule has 1 aliphatic rings. The molecule has 1 aliphatic heterocycles. The Labute approximate surface area is 91.8 Å². The number of anilines is 1. The lowest BCUT2D eigenvalue weighted by Gasteiger charge is -2.21. The topological polar surface area (TPSA) is 72.5 Å². The van der Waals surface area contributed by atoms with Crippen molar-refractivity contribution in [3.63, 3.8) is 0 Å². The third kappa shape index (κ3) is 1.31. The van der Waals surface area contributed by atoms with Gasteiger partial charge in [-0.1, -0.05) is 6.92 Å². The Bertz CT molecular complexity index is 461. The van der Waals surface area contributed by atoms with Crippen LogP contribution < -0.4 is 10.5 Å². The third-order valence-electron chi connectivity index (χ3n) is 2.96. The van der Waals surface area contributed by atoms with Crippen LogP contribution in [0.25, 0.3) is 0 Å². The first-order chi connectivity index (χ1) is 7.50. The molecule has 0 bridgehead atoms. The van der Waals surface area contributed by atoms with Gasteiger partial charge in [-0.15, -0.1) is 0 Å². The van der Waals surface area contributed by atoms with Gasteiger partial charge in [-0.3, -0.25) is 0 Å². The van der Waals surface area contributed by atoms with E-state index in [2.05, 4.69) is 0 Å². The zero-order chi connectivity index (χ0) is 11.9. The fourth-order valence-corrected chi connectivity index (χ4v) is 1.88. The van der Waals surface area contributed by atoms with Gasteiger partial charge in [-0.25, -0.2) is 9.18 Å². The molecule has 1 unspecified atom stereocenters. The van der Waals surface area contributed by atoms with Crippen LogP contribution in [0.5, 0.6) is 5.75 Å². The van der Waals surface area contributed by atoms with Gasteiger partial charge >= 0.3 is 5.97 Å². The molecule has 0 spiro atoms. The minimum Gasteiger partial charge on any atom is -0.478 e. The molecule has 0 radical (unpaired) electrons. The van der Waals surface area contributed by atoms with Crippen LogP contribution in [0.1, 0.15) is 18.9 Å². The summed E-state index contributed by atoms with van der Waals surface area (Å²) >= 11 is 0. The second kappa shape index (κ2) is 3.37. The van der Waals surface area contributed by atoms with Gasteiger partial charge in [0.1, 0.15) is 5.75 Å². The molecule has 0 aliphatic carbocycles. The molecule has 86 valence electrons. The van der Waals surface area contributed by atoms with E-state index in [0.29, 0.717) is 0 Å². The van der Waals surface area contributed by atoms with E-state index in [1.165, 1.54) is 12.1 Å². The molecule has 0 saturated carbocycles. The van der Waals surface area contributed by atoms with E-state index in [-0.39, 0.29) is 29.8 Å². The number of fused-ring (bicyclic) bond motifs is 1. The fourth-order valence-electron chi connectivity index (χ4n) is 1.88. The monoisotopic (exact) mass is 225 g/mol. The number of rotatable bonds is 2. The van der Waals surface area contributed by atoms with E-state index in [4.69, 9.17) is 15.6 Å². The van der Waals surface area contributed by atoms with Crippen LogP contribution in [0.4, 0.5) is 10.1 Å². The Balaban J connectivity index is 2.48. The molecular weight excluding hydrogens is 213 g/mol. The van der Waals surface area contributed by atoms with Crippen molar-refractivity contribution in [3.8, 4) is 5.75 Å². The highest BCUT2D eigenvalue weighted by Gasteiger charge is 2.46. The normalized spacial score (nSPS) is 22.6. The molecular formula is C11H12FNO3. The highest BCUT2D eigenvalue weighted by Crippen LogP contribution is 2.40. The number of halogens is 1. The first-order valence-electron chi connectivity index (χ1n) is 4.99. The fraction of sp³-hybridized carbons (Fsp3) is 0.364. The Morgan fingerprint density at radius 2 is 2.38 bits per heavy atom. The number of benzene rings is 1. The largest absolute Gasteiger partial charge is 0.478 e. The van der Waals surface area contributed by atoms with E-state index >= 15 is 0 Å². The third-order valence-corrected chi connectivity index (χ3v) is 2.96. The smallest absolute Gasteiger partial charge is 0.348 e. The van der Waals surface area contributed by atoms with Crippen molar-refractivity contribution in [2.24, 2.45) is 0 Å². The molecule has 3 N–H and O–H groups in total. The lowest BCUT2D eigenvalue weighted by molar-refractivity contribution is -0.154. The lowest BCUT2D eigenvalue weighted by atomic mass is 9.94. The van der Waals surface area contributed by atoms with Crippen LogP contribution in [-0.2, 0) is 11.2 Å². The summed E-state index contributed by atoms with van der Waals surface area (Å²) in [5.41, 5.74) is 4.34. The standard InChI is InChI=1S/C11H12FNO3/c1-2-11(10(14)15)5-6-8(16-11)4-3-7(13)9(6)12/h3-4H,2,5,13H2,1H3,(H,14,15). The van der Waals surface area contributed by atoms with E-state index in [1.54, 1.807) is 6.92 Å². The van der Waals surface area contributed by atoms with Crippen molar-refractivity contribution < 1.29 is 19.0 Å². The van der Waals surface area contributed by atoms with E-state index < -0.39 is 17.4 Å². The van der Waals surface area contributed by atoms with Gasteiger partial charge in [-0.2, -0.15) is 0 Å². The molecule has 2 rings (SSSR count). The van der Waals surface area contributed by atoms with Crippen molar-refractivity contribution in [1.82, 2.24) is 0 Å². The van der Waals surface area contributed by atoms with Gasteiger partial charge in [0.2, 0.25) is 5.60 Å². The minimum absolute atomic E-state index is 0.0136. The van der Waals surface area contributed by atoms with Crippen LogP contribution in [0.15, 0.2) is 12.1 Å². The summed E-state index contributed by atoms with van der Waals surface area (Å²) in [6.45, 7) is 1.70. The van der Waals surface area contributed by atoms with Crippen LogP contribution in [-0.4, -0.2) is 16.7 Å². The summed E-state index contributed by atoms with van der Waals surface area (Å²) in [6, 6.07) is 2.88. The highest BCUT2D eigenvalue weighted by molar-refractivity contribution is 5.80. The SMILES string of the molecule is CCC1(C(=O)O)Cc2c(ccc(N)c2F)O1. The quantitative estimate of drug-likeness (QED) is 0.749. The predicted molar refractivity (Wildman–Crippen MR) is 55.8 cm³/mol. The zero-order valence-corrected chi connectivity index (χ0v) is 8.79. The number of carbonyl (C=O) groups is 1. The maximum absolute atomic E-state index is 13.6. The molecule has 5 heteroatoms. The highest BCUT2D eigenvalue weighted by atomic mass is 19.1. The molecule has 0 fully saturated rings. The summed E-state index contributed by atoms with van der Waals surface area (Å²) in [5, 5.41) is 9.12. The van der Waals surface area contributed by atoms with Gasteiger partial charge in [0.05, 0.1) is 5.69 Å². The van der Waals surface area contributed by atoms with Crippen LogP contribution in [0.3, 0.4) is 0 Å². The van der Waals surface area contributed by atoms with Gasteiger partial charge in [0, 0.05) is 12.0 Å². The number of ether oxygens (including phenoxy) is 1. The Morgan fingerprint density at radius 1 is 1.69 bits per heavy atom. The summed E-state index contributed by atoms with van der Waals surface area (Å²) in [7, 11) is 0. The van der Waals surface area contributed by atoms with Gasteiger partial charge in [0.15, 0.2) is 5.82 Å². The Morgan fingerprint density at radius 3 is 2.94 bits per heavy atom. The molecule has 1 atom stereocenters. The Kier molecular flexibility index (Phi) is 2.26. The molecule has 0 amide bonds. The predicted octanol–water partition coefficient (Wildman–Crippen LogP) is 1.58.